The largest absolute Gasteiger partial charge is 0.354 e. The van der Waals surface area contributed by atoms with Crippen molar-refractivity contribution in [2.75, 3.05) is 6.54 Å². The molecule has 19 heavy (non-hydrogen) atoms. The fourth-order valence-electron chi connectivity index (χ4n) is 1.70. The van der Waals surface area contributed by atoms with Gasteiger partial charge in [-0.3, -0.25) is 4.79 Å². The van der Waals surface area contributed by atoms with Gasteiger partial charge in [-0.1, -0.05) is 17.7 Å². The van der Waals surface area contributed by atoms with Crippen LogP contribution in [0.5, 0.6) is 0 Å². The van der Waals surface area contributed by atoms with Gasteiger partial charge in [-0.15, -0.1) is 0 Å². The Bertz CT molecular complexity index is 437. The molecule has 1 atom stereocenters. The third-order valence-electron chi connectivity index (χ3n) is 2.70. The predicted octanol–water partition coefficient (Wildman–Crippen LogP) is 3.04. The topological polar surface area (TPSA) is 41.1 Å². The molecule has 0 spiro atoms. The monoisotopic (exact) mass is 286 g/mol. The van der Waals surface area contributed by atoms with E-state index in [1.807, 2.05) is 20.8 Å². The standard InChI is InChI=1S/C14H20ClFN2O/c1-9(2)18-14(19)6-7-17-10(3)11-4-5-12(15)13(16)8-11/h4-5,8-10,17H,6-7H2,1-3H3,(H,18,19). The summed E-state index contributed by atoms with van der Waals surface area (Å²) in [6, 6.07) is 4.84. The molecule has 0 radical (unpaired) electrons. The van der Waals surface area contributed by atoms with Gasteiger partial charge in [0.25, 0.3) is 0 Å². The molecule has 1 aromatic carbocycles. The van der Waals surface area contributed by atoms with Crippen LogP contribution in [0, 0.1) is 5.82 Å². The van der Waals surface area contributed by atoms with Gasteiger partial charge in [0.15, 0.2) is 0 Å². The molecule has 0 aromatic heterocycles. The summed E-state index contributed by atoms with van der Waals surface area (Å²) in [4.78, 5) is 11.4. The van der Waals surface area contributed by atoms with E-state index in [-0.39, 0.29) is 23.0 Å². The van der Waals surface area contributed by atoms with Crippen molar-refractivity contribution in [1.82, 2.24) is 10.6 Å². The van der Waals surface area contributed by atoms with Gasteiger partial charge in [-0.2, -0.15) is 0 Å². The number of halogens is 2. The lowest BCUT2D eigenvalue weighted by molar-refractivity contribution is -0.121. The van der Waals surface area contributed by atoms with E-state index in [1.54, 1.807) is 6.07 Å². The Balaban J connectivity index is 2.40. The first-order chi connectivity index (χ1) is 8.90. The second kappa shape index (κ2) is 7.46. The third-order valence-corrected chi connectivity index (χ3v) is 3.00. The Morgan fingerprint density at radius 3 is 2.63 bits per heavy atom. The lowest BCUT2D eigenvalue weighted by atomic mass is 10.1. The first-order valence-corrected chi connectivity index (χ1v) is 6.75. The average molecular weight is 287 g/mol. The maximum Gasteiger partial charge on any atom is 0.221 e. The first kappa shape index (κ1) is 15.9. The molecular formula is C14H20ClFN2O. The molecule has 0 saturated heterocycles. The summed E-state index contributed by atoms with van der Waals surface area (Å²) in [7, 11) is 0. The minimum atomic E-state index is -0.426. The highest BCUT2D eigenvalue weighted by Gasteiger charge is 2.09. The number of amides is 1. The van der Waals surface area contributed by atoms with E-state index in [4.69, 9.17) is 11.6 Å². The molecule has 0 aliphatic rings. The van der Waals surface area contributed by atoms with E-state index in [9.17, 15) is 9.18 Å². The molecule has 1 rings (SSSR count). The summed E-state index contributed by atoms with van der Waals surface area (Å²) in [5.74, 6) is -0.414. The molecule has 0 saturated carbocycles. The zero-order valence-corrected chi connectivity index (χ0v) is 12.2. The van der Waals surface area contributed by atoms with E-state index < -0.39 is 5.82 Å². The van der Waals surface area contributed by atoms with Crippen molar-refractivity contribution in [3.8, 4) is 0 Å². The van der Waals surface area contributed by atoms with Crippen molar-refractivity contribution >= 4 is 17.5 Å². The Morgan fingerprint density at radius 1 is 1.37 bits per heavy atom. The van der Waals surface area contributed by atoms with E-state index in [0.29, 0.717) is 13.0 Å². The second-order valence-electron chi connectivity index (χ2n) is 4.82. The van der Waals surface area contributed by atoms with Gasteiger partial charge in [-0.25, -0.2) is 4.39 Å². The molecule has 2 N–H and O–H groups in total. The maximum absolute atomic E-state index is 13.3. The Morgan fingerprint density at radius 2 is 2.05 bits per heavy atom. The molecule has 1 amide bonds. The SMILES string of the molecule is CC(C)NC(=O)CCNC(C)c1ccc(Cl)c(F)c1. The van der Waals surface area contributed by atoms with Crippen LogP contribution in [0.1, 0.15) is 38.8 Å². The van der Waals surface area contributed by atoms with Gasteiger partial charge < -0.3 is 10.6 Å². The molecule has 1 unspecified atom stereocenters. The van der Waals surface area contributed by atoms with Crippen molar-refractivity contribution in [2.24, 2.45) is 0 Å². The zero-order chi connectivity index (χ0) is 14.4. The fourth-order valence-corrected chi connectivity index (χ4v) is 1.81. The van der Waals surface area contributed by atoms with Gasteiger partial charge in [-0.05, 0) is 38.5 Å². The Kier molecular flexibility index (Phi) is 6.25. The van der Waals surface area contributed by atoms with Gasteiger partial charge in [0.2, 0.25) is 5.91 Å². The fraction of sp³-hybridized carbons (Fsp3) is 0.500. The Labute approximate surface area is 118 Å². The van der Waals surface area contributed by atoms with E-state index in [1.165, 1.54) is 12.1 Å². The highest BCUT2D eigenvalue weighted by atomic mass is 35.5. The van der Waals surface area contributed by atoms with Crippen LogP contribution >= 0.6 is 11.6 Å². The quantitative estimate of drug-likeness (QED) is 0.844. The third kappa shape index (κ3) is 5.57. The van der Waals surface area contributed by atoms with Crippen molar-refractivity contribution in [3.63, 3.8) is 0 Å². The number of nitrogens with one attached hydrogen (secondary N) is 2. The molecule has 3 nitrogen and oxygen atoms in total. The van der Waals surface area contributed by atoms with Gasteiger partial charge in [0, 0.05) is 25.0 Å². The normalized spacial score (nSPS) is 12.5. The van der Waals surface area contributed by atoms with Crippen molar-refractivity contribution in [3.05, 3.63) is 34.6 Å². The smallest absolute Gasteiger partial charge is 0.221 e. The molecule has 0 fully saturated rings. The number of carbonyl (C=O) groups excluding carboxylic acids is 1. The molecule has 0 bridgehead atoms. The van der Waals surface area contributed by atoms with Crippen LogP contribution in [0.4, 0.5) is 4.39 Å². The van der Waals surface area contributed by atoms with Gasteiger partial charge >= 0.3 is 0 Å². The molecular weight excluding hydrogens is 267 g/mol. The number of carbonyl (C=O) groups is 1. The van der Waals surface area contributed by atoms with Crippen LogP contribution in [0.3, 0.4) is 0 Å². The highest BCUT2D eigenvalue weighted by molar-refractivity contribution is 6.30. The molecule has 106 valence electrons. The van der Waals surface area contributed by atoms with E-state index in [0.717, 1.165) is 5.56 Å². The average Bonchev–Trinajstić information content (AvgIpc) is 2.31. The first-order valence-electron chi connectivity index (χ1n) is 6.38. The minimum absolute atomic E-state index is 0.0111. The van der Waals surface area contributed by atoms with Crippen LogP contribution in [-0.4, -0.2) is 18.5 Å². The lowest BCUT2D eigenvalue weighted by Crippen LogP contribution is -2.33. The highest BCUT2D eigenvalue weighted by Crippen LogP contribution is 2.19. The molecule has 5 heteroatoms. The summed E-state index contributed by atoms with van der Waals surface area (Å²) in [6.07, 6.45) is 0.401. The minimum Gasteiger partial charge on any atom is -0.354 e. The summed E-state index contributed by atoms with van der Waals surface area (Å²) in [6.45, 7) is 6.31. The number of rotatable bonds is 6. The molecule has 0 heterocycles. The predicted molar refractivity (Wildman–Crippen MR) is 75.7 cm³/mol. The summed E-state index contributed by atoms with van der Waals surface area (Å²) < 4.78 is 13.3. The second-order valence-corrected chi connectivity index (χ2v) is 5.23. The van der Waals surface area contributed by atoms with Crippen LogP contribution in [0.15, 0.2) is 18.2 Å². The van der Waals surface area contributed by atoms with Crippen molar-refractivity contribution in [1.29, 1.82) is 0 Å². The van der Waals surface area contributed by atoms with Crippen LogP contribution in [0.2, 0.25) is 5.02 Å². The summed E-state index contributed by atoms with van der Waals surface area (Å²) in [5, 5.41) is 6.11. The van der Waals surface area contributed by atoms with Crippen LogP contribution in [-0.2, 0) is 4.79 Å². The van der Waals surface area contributed by atoms with Crippen molar-refractivity contribution in [2.45, 2.75) is 39.3 Å². The zero-order valence-electron chi connectivity index (χ0n) is 11.5. The number of hydrogen-bond acceptors (Lipinski definition) is 2. The molecule has 0 aliphatic heterocycles. The lowest BCUT2D eigenvalue weighted by Gasteiger charge is -2.15. The summed E-state index contributed by atoms with van der Waals surface area (Å²) in [5.41, 5.74) is 0.811. The van der Waals surface area contributed by atoms with Crippen LogP contribution < -0.4 is 10.6 Å². The van der Waals surface area contributed by atoms with Gasteiger partial charge in [0.05, 0.1) is 5.02 Å². The molecule has 1 aromatic rings. The van der Waals surface area contributed by atoms with Crippen molar-refractivity contribution < 1.29 is 9.18 Å². The van der Waals surface area contributed by atoms with E-state index in [2.05, 4.69) is 10.6 Å². The number of benzene rings is 1. The Hall–Kier alpha value is -1.13. The van der Waals surface area contributed by atoms with Crippen LogP contribution in [0.25, 0.3) is 0 Å². The molecule has 0 aliphatic carbocycles. The summed E-state index contributed by atoms with van der Waals surface area (Å²) >= 11 is 5.63. The van der Waals surface area contributed by atoms with E-state index >= 15 is 0 Å². The number of hydrogen-bond donors (Lipinski definition) is 2. The van der Waals surface area contributed by atoms with Gasteiger partial charge in [0.1, 0.15) is 5.82 Å². The maximum atomic E-state index is 13.3.